The molecule has 0 spiro atoms. The van der Waals surface area contributed by atoms with Crippen LogP contribution in [0.1, 0.15) is 23.7 Å². The first kappa shape index (κ1) is 18.6. The lowest BCUT2D eigenvalue weighted by molar-refractivity contribution is -0.139. The molecule has 1 saturated heterocycles. The number of carboxylic acid groups (broad SMARTS) is 1. The number of carbonyl (C=O) groups is 3. The molecule has 1 aromatic carbocycles. The quantitative estimate of drug-likeness (QED) is 0.559. The zero-order valence-electron chi connectivity index (χ0n) is 13.2. The standard InChI is InChI=1S/C17H19BrO6/c1-10(19)15(18)16-13(7-14(20)21)12(8-23-16)9-24-17(22)11-5-3-2-4-6-11/h2-6,12-13,15-16H,7-9H2,1H3,(H,20,21)/t12-,13-,15+,16+/m1/s1. The molecule has 0 saturated carbocycles. The monoisotopic (exact) mass is 398 g/mol. The van der Waals surface area contributed by atoms with Crippen molar-refractivity contribution in [2.75, 3.05) is 13.2 Å². The van der Waals surface area contributed by atoms with Gasteiger partial charge < -0.3 is 14.6 Å². The van der Waals surface area contributed by atoms with Gasteiger partial charge in [-0.1, -0.05) is 34.1 Å². The number of benzene rings is 1. The average Bonchev–Trinajstić information content (AvgIpc) is 2.94. The lowest BCUT2D eigenvalue weighted by Crippen LogP contribution is -2.35. The summed E-state index contributed by atoms with van der Waals surface area (Å²) >= 11 is 3.27. The number of hydrogen-bond acceptors (Lipinski definition) is 5. The Balaban J connectivity index is 2.01. The van der Waals surface area contributed by atoms with Crippen LogP contribution in [-0.4, -0.2) is 47.0 Å². The van der Waals surface area contributed by atoms with Gasteiger partial charge in [0, 0.05) is 11.8 Å². The van der Waals surface area contributed by atoms with Crippen LogP contribution in [0.15, 0.2) is 30.3 Å². The molecular weight excluding hydrogens is 380 g/mol. The number of halogens is 1. The van der Waals surface area contributed by atoms with Gasteiger partial charge >= 0.3 is 11.9 Å². The fourth-order valence-corrected chi connectivity index (χ4v) is 3.32. The summed E-state index contributed by atoms with van der Waals surface area (Å²) < 4.78 is 10.9. The molecule has 6 nitrogen and oxygen atoms in total. The molecule has 1 aliphatic rings. The Labute approximate surface area is 148 Å². The molecule has 7 heteroatoms. The van der Waals surface area contributed by atoms with E-state index >= 15 is 0 Å². The van der Waals surface area contributed by atoms with E-state index in [1.807, 2.05) is 0 Å². The van der Waals surface area contributed by atoms with Crippen LogP contribution in [0.5, 0.6) is 0 Å². The molecule has 0 amide bonds. The van der Waals surface area contributed by atoms with E-state index in [4.69, 9.17) is 14.6 Å². The Morgan fingerprint density at radius 1 is 1.33 bits per heavy atom. The van der Waals surface area contributed by atoms with E-state index in [2.05, 4.69) is 15.9 Å². The Kier molecular flexibility index (Phi) is 6.51. The van der Waals surface area contributed by atoms with Gasteiger partial charge in [-0.3, -0.25) is 9.59 Å². The van der Waals surface area contributed by atoms with Gasteiger partial charge in [0.1, 0.15) is 5.78 Å². The summed E-state index contributed by atoms with van der Waals surface area (Å²) in [7, 11) is 0. The van der Waals surface area contributed by atoms with Gasteiger partial charge in [0.15, 0.2) is 0 Å². The first-order valence-corrected chi connectivity index (χ1v) is 8.51. The van der Waals surface area contributed by atoms with Crippen LogP contribution in [-0.2, 0) is 19.1 Å². The second-order valence-electron chi connectivity index (χ2n) is 5.80. The van der Waals surface area contributed by atoms with Crippen molar-refractivity contribution in [3.63, 3.8) is 0 Å². The summed E-state index contributed by atoms with van der Waals surface area (Å²) in [5, 5.41) is 9.12. The molecule has 0 aliphatic carbocycles. The smallest absolute Gasteiger partial charge is 0.338 e. The first-order chi connectivity index (χ1) is 11.4. The Morgan fingerprint density at radius 2 is 2.00 bits per heavy atom. The van der Waals surface area contributed by atoms with Crippen molar-refractivity contribution in [3.05, 3.63) is 35.9 Å². The van der Waals surface area contributed by atoms with E-state index < -0.39 is 28.8 Å². The van der Waals surface area contributed by atoms with Crippen molar-refractivity contribution in [3.8, 4) is 0 Å². The van der Waals surface area contributed by atoms with Gasteiger partial charge in [0.05, 0.1) is 36.1 Å². The van der Waals surface area contributed by atoms with E-state index in [0.29, 0.717) is 5.56 Å². The average molecular weight is 399 g/mol. The molecule has 1 aromatic rings. The largest absolute Gasteiger partial charge is 0.481 e. The second-order valence-corrected chi connectivity index (χ2v) is 6.78. The van der Waals surface area contributed by atoms with Gasteiger partial charge in [-0.25, -0.2) is 4.79 Å². The Bertz CT molecular complexity index is 602. The molecule has 130 valence electrons. The normalized spacial score (nSPS) is 24.3. The van der Waals surface area contributed by atoms with Crippen molar-refractivity contribution < 1.29 is 29.0 Å². The third kappa shape index (κ3) is 4.64. The maximum absolute atomic E-state index is 12.0. The summed E-state index contributed by atoms with van der Waals surface area (Å²) in [6.07, 6.45) is -0.688. The number of hydrogen-bond donors (Lipinski definition) is 1. The van der Waals surface area contributed by atoms with Crippen molar-refractivity contribution in [2.45, 2.75) is 24.3 Å². The van der Waals surface area contributed by atoms with Crippen molar-refractivity contribution in [2.24, 2.45) is 11.8 Å². The molecule has 1 heterocycles. The van der Waals surface area contributed by atoms with Crippen LogP contribution in [0.2, 0.25) is 0 Å². The SMILES string of the molecule is CC(=O)[C@H](Br)[C@H]1OC[C@H](COC(=O)c2ccccc2)[C@H]1CC(=O)O. The van der Waals surface area contributed by atoms with Crippen LogP contribution in [0.25, 0.3) is 0 Å². The van der Waals surface area contributed by atoms with Crippen LogP contribution in [0.3, 0.4) is 0 Å². The predicted molar refractivity (Wildman–Crippen MR) is 89.1 cm³/mol. The molecule has 24 heavy (non-hydrogen) atoms. The molecule has 0 radical (unpaired) electrons. The molecule has 4 atom stereocenters. The number of carboxylic acids is 1. The van der Waals surface area contributed by atoms with Crippen LogP contribution in [0.4, 0.5) is 0 Å². The second kappa shape index (κ2) is 8.39. The van der Waals surface area contributed by atoms with Gasteiger partial charge in [-0.2, -0.15) is 0 Å². The highest BCUT2D eigenvalue weighted by Gasteiger charge is 2.43. The summed E-state index contributed by atoms with van der Waals surface area (Å²) in [5.74, 6) is -2.23. The van der Waals surface area contributed by atoms with E-state index in [1.54, 1.807) is 30.3 Å². The zero-order chi connectivity index (χ0) is 17.7. The maximum Gasteiger partial charge on any atom is 0.338 e. The summed E-state index contributed by atoms with van der Waals surface area (Å²) in [6, 6.07) is 8.57. The predicted octanol–water partition coefficient (Wildman–Crippen LogP) is 2.30. The van der Waals surface area contributed by atoms with E-state index in [-0.39, 0.29) is 31.3 Å². The molecular formula is C17H19BrO6. The van der Waals surface area contributed by atoms with E-state index in [1.165, 1.54) is 6.92 Å². The fourth-order valence-electron chi connectivity index (χ4n) is 2.78. The zero-order valence-corrected chi connectivity index (χ0v) is 14.8. The number of ether oxygens (including phenoxy) is 2. The van der Waals surface area contributed by atoms with Crippen molar-refractivity contribution in [1.29, 1.82) is 0 Å². The first-order valence-electron chi connectivity index (χ1n) is 7.60. The minimum absolute atomic E-state index is 0.0554. The Hall–Kier alpha value is -1.73. The number of esters is 1. The molecule has 0 bridgehead atoms. The van der Waals surface area contributed by atoms with E-state index in [0.717, 1.165) is 0 Å². The number of ketones is 1. The van der Waals surface area contributed by atoms with Gasteiger partial charge in [-0.15, -0.1) is 0 Å². The highest BCUT2D eigenvalue weighted by Crippen LogP contribution is 2.35. The maximum atomic E-state index is 12.0. The molecule has 1 fully saturated rings. The van der Waals surface area contributed by atoms with E-state index in [9.17, 15) is 14.4 Å². The molecule has 1 N–H and O–H groups in total. The number of alkyl halides is 1. The van der Waals surface area contributed by atoms with Gasteiger partial charge in [0.2, 0.25) is 0 Å². The topological polar surface area (TPSA) is 89.9 Å². The number of aliphatic carboxylic acids is 1. The third-order valence-corrected chi connectivity index (χ3v) is 5.22. The number of rotatable bonds is 7. The Morgan fingerprint density at radius 3 is 2.58 bits per heavy atom. The third-order valence-electron chi connectivity index (χ3n) is 4.06. The van der Waals surface area contributed by atoms with Crippen LogP contribution >= 0.6 is 15.9 Å². The molecule has 1 aliphatic heterocycles. The number of carbonyl (C=O) groups excluding carboxylic acids is 2. The highest BCUT2D eigenvalue weighted by atomic mass is 79.9. The number of Topliss-reactive ketones (excluding diaryl/α,β-unsaturated/α-hetero) is 1. The summed E-state index contributed by atoms with van der Waals surface area (Å²) in [6.45, 7) is 1.73. The molecule has 0 unspecified atom stereocenters. The van der Waals surface area contributed by atoms with Crippen LogP contribution < -0.4 is 0 Å². The van der Waals surface area contributed by atoms with Crippen molar-refractivity contribution in [1.82, 2.24) is 0 Å². The van der Waals surface area contributed by atoms with Gasteiger partial charge in [-0.05, 0) is 19.1 Å². The fraction of sp³-hybridized carbons (Fsp3) is 0.471. The minimum atomic E-state index is -0.974. The van der Waals surface area contributed by atoms with Gasteiger partial charge in [0.25, 0.3) is 0 Å². The minimum Gasteiger partial charge on any atom is -0.481 e. The summed E-state index contributed by atoms with van der Waals surface area (Å²) in [4.78, 5) is 34.1. The van der Waals surface area contributed by atoms with Crippen molar-refractivity contribution >= 4 is 33.7 Å². The summed E-state index contributed by atoms with van der Waals surface area (Å²) in [5.41, 5.74) is 0.435. The highest BCUT2D eigenvalue weighted by molar-refractivity contribution is 9.10. The molecule has 2 rings (SSSR count). The lowest BCUT2D eigenvalue weighted by atomic mass is 9.86. The molecule has 0 aromatic heterocycles. The van der Waals surface area contributed by atoms with Crippen LogP contribution in [0, 0.1) is 11.8 Å². The lowest BCUT2D eigenvalue weighted by Gasteiger charge is -2.23.